The third-order valence-corrected chi connectivity index (χ3v) is 8.40. The average molecular weight is 469 g/mol. The van der Waals surface area contributed by atoms with Crippen molar-refractivity contribution in [3.8, 4) is 5.75 Å². The number of carbonyl (C=O) groups excluding carboxylic acids is 1. The number of rotatable bonds is 6. The number of hydrogen-bond donors (Lipinski definition) is 2. The van der Waals surface area contributed by atoms with E-state index >= 15 is 0 Å². The summed E-state index contributed by atoms with van der Waals surface area (Å²) in [5.74, 6) is 1.63. The maximum absolute atomic E-state index is 13.3. The van der Waals surface area contributed by atoms with Crippen LogP contribution in [0.1, 0.15) is 62.7 Å². The van der Waals surface area contributed by atoms with Gasteiger partial charge in [-0.05, 0) is 42.9 Å². The largest absolute Gasteiger partial charge is 0.497 e. The number of carbonyl (C=O) groups is 1. The molecule has 1 aromatic carbocycles. The van der Waals surface area contributed by atoms with E-state index in [9.17, 15) is 9.90 Å². The second kappa shape index (κ2) is 9.42. The Bertz CT molecular complexity index is 1040. The third kappa shape index (κ3) is 3.87. The molecule has 1 saturated heterocycles. The molecule has 0 radical (unpaired) electrons. The summed E-state index contributed by atoms with van der Waals surface area (Å²) in [6.07, 6.45) is 7.70. The first kappa shape index (κ1) is 23.5. The van der Waals surface area contributed by atoms with Gasteiger partial charge in [0.1, 0.15) is 5.75 Å². The second-order valence-electron chi connectivity index (χ2n) is 10.7. The lowest BCUT2D eigenvalue weighted by Crippen LogP contribution is -2.68. The van der Waals surface area contributed by atoms with E-state index in [4.69, 9.17) is 4.74 Å². The van der Waals surface area contributed by atoms with Crippen LogP contribution < -0.4 is 10.1 Å². The Morgan fingerprint density at radius 1 is 1.21 bits per heavy atom. The molecule has 2 N–H and O–H groups in total. The smallest absolute Gasteiger partial charge is 0.318 e. The molecule has 1 aliphatic carbocycles. The van der Waals surface area contributed by atoms with Crippen LogP contribution in [-0.4, -0.2) is 71.9 Å². The number of hydrogen-bond acceptors (Lipinski definition) is 4. The fourth-order valence-corrected chi connectivity index (χ4v) is 6.84. The lowest BCUT2D eigenvalue weighted by molar-refractivity contribution is -0.000785. The van der Waals surface area contributed by atoms with Crippen molar-refractivity contribution in [1.82, 2.24) is 19.7 Å². The Labute approximate surface area is 203 Å². The highest BCUT2D eigenvalue weighted by atomic mass is 16.5. The number of likely N-dealkylation sites (tertiary alicyclic amines) is 1. The molecule has 186 valence electrons. The molecule has 0 unspecified atom stereocenters. The molecule has 1 saturated carbocycles. The Morgan fingerprint density at radius 2 is 1.97 bits per heavy atom. The molecule has 34 heavy (non-hydrogen) atoms. The van der Waals surface area contributed by atoms with Crippen LogP contribution >= 0.6 is 0 Å². The normalized spacial score (nSPS) is 22.6. The topological polar surface area (TPSA) is 70.0 Å². The quantitative estimate of drug-likeness (QED) is 0.677. The standard InChI is InChI=1S/C27H40N4O3/c1-4-12-28-26(33)31-18-27(16-30(17-27)14-19-8-6-5-7-9-19)24-21-11-10-20(34-3)13-22(21)29(2)25(24)23(31)15-32/h10-11,13,19,23,32H,4-9,12,14-18H2,1-3H3,(H,28,33)/t23-/m0/s1. The number of aryl methyl sites for hydroxylation is 1. The molecule has 5 rings (SSSR count). The lowest BCUT2D eigenvalue weighted by atomic mass is 9.68. The summed E-state index contributed by atoms with van der Waals surface area (Å²) in [6.45, 7) is 6.37. The highest BCUT2D eigenvalue weighted by Crippen LogP contribution is 2.50. The predicted octanol–water partition coefficient (Wildman–Crippen LogP) is 3.79. The van der Waals surface area contributed by atoms with E-state index in [1.807, 2.05) is 11.0 Å². The highest BCUT2D eigenvalue weighted by molar-refractivity contribution is 5.89. The number of aliphatic hydroxyl groups is 1. The number of amides is 2. The predicted molar refractivity (Wildman–Crippen MR) is 134 cm³/mol. The van der Waals surface area contributed by atoms with Gasteiger partial charge < -0.3 is 29.5 Å². The van der Waals surface area contributed by atoms with Gasteiger partial charge in [0, 0.05) is 62.3 Å². The van der Waals surface area contributed by atoms with Crippen LogP contribution in [-0.2, 0) is 12.5 Å². The summed E-state index contributed by atoms with van der Waals surface area (Å²) >= 11 is 0. The van der Waals surface area contributed by atoms with Gasteiger partial charge in [-0.3, -0.25) is 0 Å². The van der Waals surface area contributed by atoms with Gasteiger partial charge in [-0.1, -0.05) is 26.2 Å². The number of nitrogens with one attached hydrogen (secondary N) is 1. The van der Waals surface area contributed by atoms with Crippen LogP contribution in [0.3, 0.4) is 0 Å². The Morgan fingerprint density at radius 3 is 2.65 bits per heavy atom. The molecule has 0 bridgehead atoms. The molecule has 2 amide bonds. The molecule has 1 spiro atoms. The number of benzene rings is 1. The number of aromatic nitrogens is 1. The second-order valence-corrected chi connectivity index (χ2v) is 10.7. The summed E-state index contributed by atoms with van der Waals surface area (Å²) < 4.78 is 7.69. The van der Waals surface area contributed by atoms with E-state index < -0.39 is 0 Å². The average Bonchev–Trinajstić information content (AvgIpc) is 3.14. The van der Waals surface area contributed by atoms with Crippen LogP contribution in [0.15, 0.2) is 18.2 Å². The molecule has 2 aliphatic heterocycles. The molecular weight excluding hydrogens is 428 g/mol. The zero-order valence-electron chi connectivity index (χ0n) is 21.0. The van der Waals surface area contributed by atoms with Gasteiger partial charge in [0.05, 0.1) is 25.3 Å². The summed E-state index contributed by atoms with van der Waals surface area (Å²) in [4.78, 5) is 17.7. The van der Waals surface area contributed by atoms with Crippen molar-refractivity contribution < 1.29 is 14.6 Å². The van der Waals surface area contributed by atoms with Crippen molar-refractivity contribution in [2.75, 3.05) is 46.4 Å². The maximum atomic E-state index is 13.3. The molecule has 3 aliphatic rings. The molecule has 1 aromatic heterocycles. The Kier molecular flexibility index (Phi) is 6.51. The molecule has 2 fully saturated rings. The van der Waals surface area contributed by atoms with Crippen molar-refractivity contribution in [3.63, 3.8) is 0 Å². The van der Waals surface area contributed by atoms with Gasteiger partial charge in [-0.15, -0.1) is 0 Å². The van der Waals surface area contributed by atoms with Gasteiger partial charge in [0.25, 0.3) is 0 Å². The monoisotopic (exact) mass is 468 g/mol. The van der Waals surface area contributed by atoms with E-state index in [2.05, 4.69) is 40.9 Å². The zero-order valence-corrected chi connectivity index (χ0v) is 21.0. The molecule has 7 heteroatoms. The Hall–Kier alpha value is -2.25. The molecule has 3 heterocycles. The van der Waals surface area contributed by atoms with Crippen LogP contribution in [0, 0.1) is 5.92 Å². The fraction of sp³-hybridized carbons (Fsp3) is 0.667. The van der Waals surface area contributed by atoms with Crippen LogP contribution in [0.4, 0.5) is 4.79 Å². The van der Waals surface area contributed by atoms with Gasteiger partial charge in [-0.2, -0.15) is 0 Å². The van der Waals surface area contributed by atoms with Crippen molar-refractivity contribution in [2.45, 2.75) is 56.9 Å². The SMILES string of the molecule is CCCNC(=O)N1CC2(CN(CC3CCCCC3)C2)c2c(n(C)c3cc(OC)ccc23)[C@@H]1CO. The number of nitrogens with zero attached hydrogens (tertiary/aromatic N) is 3. The van der Waals surface area contributed by atoms with Crippen LogP contribution in [0.25, 0.3) is 10.9 Å². The van der Waals surface area contributed by atoms with E-state index in [-0.39, 0.29) is 24.1 Å². The summed E-state index contributed by atoms with van der Waals surface area (Å²) in [6, 6.07) is 5.85. The molecule has 2 aromatic rings. The van der Waals surface area contributed by atoms with Gasteiger partial charge in [0.2, 0.25) is 0 Å². The zero-order chi connectivity index (χ0) is 23.9. The van der Waals surface area contributed by atoms with Crippen molar-refractivity contribution in [1.29, 1.82) is 0 Å². The summed E-state index contributed by atoms with van der Waals surface area (Å²) in [5, 5.41) is 14.8. The number of aliphatic hydroxyl groups excluding tert-OH is 1. The van der Waals surface area contributed by atoms with Crippen LogP contribution in [0.5, 0.6) is 5.75 Å². The summed E-state index contributed by atoms with van der Waals surface area (Å²) in [5.41, 5.74) is 3.39. The van der Waals surface area contributed by atoms with Gasteiger partial charge >= 0.3 is 6.03 Å². The van der Waals surface area contributed by atoms with Crippen molar-refractivity contribution >= 4 is 16.9 Å². The van der Waals surface area contributed by atoms with E-state index in [0.29, 0.717) is 13.1 Å². The van der Waals surface area contributed by atoms with E-state index in [1.54, 1.807) is 7.11 Å². The maximum Gasteiger partial charge on any atom is 0.318 e. The minimum Gasteiger partial charge on any atom is -0.497 e. The van der Waals surface area contributed by atoms with Gasteiger partial charge in [-0.25, -0.2) is 4.79 Å². The van der Waals surface area contributed by atoms with Crippen LogP contribution in [0.2, 0.25) is 0 Å². The van der Waals surface area contributed by atoms with Crippen molar-refractivity contribution in [3.05, 3.63) is 29.5 Å². The molecule has 1 atom stereocenters. The number of ether oxygens (including phenoxy) is 1. The highest BCUT2D eigenvalue weighted by Gasteiger charge is 2.54. The van der Waals surface area contributed by atoms with E-state index in [1.165, 1.54) is 49.6 Å². The fourth-order valence-electron chi connectivity index (χ4n) is 6.84. The number of fused-ring (bicyclic) bond motifs is 4. The van der Waals surface area contributed by atoms with Gasteiger partial charge in [0.15, 0.2) is 0 Å². The molecular formula is C27H40N4O3. The third-order valence-electron chi connectivity index (χ3n) is 8.40. The Balaban J connectivity index is 1.53. The number of methoxy groups -OCH3 is 1. The molecule has 7 nitrogen and oxygen atoms in total. The minimum absolute atomic E-state index is 0.0699. The first-order chi connectivity index (χ1) is 16.5. The minimum atomic E-state index is -0.353. The first-order valence-corrected chi connectivity index (χ1v) is 13.1. The van der Waals surface area contributed by atoms with E-state index in [0.717, 1.165) is 42.4 Å². The first-order valence-electron chi connectivity index (χ1n) is 13.1. The lowest BCUT2D eigenvalue weighted by Gasteiger charge is -2.57. The number of urea groups is 1. The van der Waals surface area contributed by atoms with Crippen molar-refractivity contribution in [2.24, 2.45) is 13.0 Å². The summed E-state index contributed by atoms with van der Waals surface area (Å²) in [7, 11) is 3.75.